The molecule has 0 amide bonds. The molecule has 0 atom stereocenters. The van der Waals surface area contributed by atoms with Crippen LogP contribution in [-0.2, 0) is 6.18 Å². The van der Waals surface area contributed by atoms with Crippen LogP contribution in [0, 0.1) is 0 Å². The number of benzene rings is 1. The van der Waals surface area contributed by atoms with Crippen LogP contribution in [-0.4, -0.2) is 4.98 Å². The summed E-state index contributed by atoms with van der Waals surface area (Å²) in [7, 11) is 0. The Kier molecular flexibility index (Phi) is 2.42. The Balaban J connectivity index is 2.92. The van der Waals surface area contributed by atoms with Gasteiger partial charge in [0.2, 0.25) is 5.56 Å². The topological polar surface area (TPSA) is 32.9 Å². The van der Waals surface area contributed by atoms with Gasteiger partial charge in [0.25, 0.3) is 0 Å². The fraction of sp³-hybridized carbons (Fsp3) is 0.100. The third-order valence-electron chi connectivity index (χ3n) is 2.15. The van der Waals surface area contributed by atoms with Gasteiger partial charge in [-0.05, 0) is 18.2 Å². The predicted octanol–water partition coefficient (Wildman–Crippen LogP) is 3.20. The molecule has 2 nitrogen and oxygen atoms in total. The number of alkyl halides is 3. The highest BCUT2D eigenvalue weighted by molar-refractivity contribution is 6.35. The van der Waals surface area contributed by atoms with Gasteiger partial charge in [0.1, 0.15) is 0 Å². The maximum atomic E-state index is 12.6. The molecule has 0 fully saturated rings. The first-order valence-electron chi connectivity index (χ1n) is 4.28. The zero-order valence-corrected chi connectivity index (χ0v) is 8.49. The molecular weight excluding hydrogens is 243 g/mol. The minimum absolute atomic E-state index is 0.166. The van der Waals surface area contributed by atoms with Crippen molar-refractivity contribution in [3.63, 3.8) is 0 Å². The van der Waals surface area contributed by atoms with Gasteiger partial charge in [-0.1, -0.05) is 11.6 Å². The van der Waals surface area contributed by atoms with E-state index in [1.54, 1.807) is 0 Å². The normalized spacial score (nSPS) is 12.0. The summed E-state index contributed by atoms with van der Waals surface area (Å²) in [6.07, 6.45) is -4.52. The molecule has 0 saturated carbocycles. The third-order valence-corrected chi connectivity index (χ3v) is 2.48. The summed E-state index contributed by atoms with van der Waals surface area (Å²) in [6, 6.07) is 4.41. The fourth-order valence-electron chi connectivity index (χ4n) is 1.45. The summed E-state index contributed by atoms with van der Waals surface area (Å²) in [5.74, 6) is 0. The highest BCUT2D eigenvalue weighted by atomic mass is 35.5. The molecule has 16 heavy (non-hydrogen) atoms. The number of aromatic nitrogens is 1. The van der Waals surface area contributed by atoms with Crippen molar-refractivity contribution in [1.29, 1.82) is 0 Å². The highest BCUT2D eigenvalue weighted by Gasteiger charge is 2.33. The van der Waals surface area contributed by atoms with E-state index in [1.165, 1.54) is 6.07 Å². The molecule has 0 spiro atoms. The van der Waals surface area contributed by atoms with Crippen LogP contribution >= 0.6 is 11.6 Å². The average Bonchev–Trinajstić information content (AvgIpc) is 2.15. The molecule has 1 heterocycles. The number of hydrogen-bond donors (Lipinski definition) is 1. The molecule has 0 saturated heterocycles. The molecule has 84 valence electrons. The highest BCUT2D eigenvalue weighted by Crippen LogP contribution is 2.35. The number of halogens is 4. The van der Waals surface area contributed by atoms with E-state index in [1.807, 2.05) is 0 Å². The van der Waals surface area contributed by atoms with E-state index in [0.29, 0.717) is 0 Å². The Hall–Kier alpha value is -1.49. The number of hydrogen-bond acceptors (Lipinski definition) is 1. The Morgan fingerprint density at radius 2 is 1.81 bits per heavy atom. The summed E-state index contributed by atoms with van der Waals surface area (Å²) in [5.41, 5.74) is -1.78. The Labute approximate surface area is 92.7 Å². The van der Waals surface area contributed by atoms with Crippen LogP contribution in [0.15, 0.2) is 29.1 Å². The first-order chi connectivity index (χ1) is 7.39. The Morgan fingerprint density at radius 3 is 2.44 bits per heavy atom. The second kappa shape index (κ2) is 3.52. The fourth-order valence-corrected chi connectivity index (χ4v) is 1.67. The van der Waals surface area contributed by atoms with E-state index >= 15 is 0 Å². The van der Waals surface area contributed by atoms with Gasteiger partial charge < -0.3 is 4.98 Å². The van der Waals surface area contributed by atoms with Crippen molar-refractivity contribution in [2.45, 2.75) is 6.18 Å². The lowest BCUT2D eigenvalue weighted by molar-refractivity contribution is -0.136. The van der Waals surface area contributed by atoms with Crippen LogP contribution in [0.1, 0.15) is 5.56 Å². The molecule has 2 aromatic rings. The van der Waals surface area contributed by atoms with Gasteiger partial charge in [-0.25, -0.2) is 0 Å². The van der Waals surface area contributed by atoms with Crippen molar-refractivity contribution in [2.75, 3.05) is 0 Å². The minimum atomic E-state index is -4.52. The lowest BCUT2D eigenvalue weighted by Crippen LogP contribution is -2.10. The van der Waals surface area contributed by atoms with Gasteiger partial charge in [0.05, 0.1) is 11.1 Å². The molecule has 0 unspecified atom stereocenters. The molecule has 6 heteroatoms. The molecule has 0 radical (unpaired) electrons. The van der Waals surface area contributed by atoms with Crippen LogP contribution in [0.3, 0.4) is 0 Å². The zero-order valence-electron chi connectivity index (χ0n) is 7.73. The molecule has 2 rings (SSSR count). The van der Waals surface area contributed by atoms with E-state index in [9.17, 15) is 18.0 Å². The van der Waals surface area contributed by atoms with Gasteiger partial charge in [-0.2, -0.15) is 13.2 Å². The Bertz CT molecular complexity index is 603. The number of H-pyrrole nitrogens is 1. The standard InChI is InChI=1S/C10H5ClF3NO/c11-7-3-2-6(10(12,13)14)9-5(7)1-4-8(16)15-9/h1-4H,(H,15,16). The average molecular weight is 248 g/mol. The lowest BCUT2D eigenvalue weighted by Gasteiger charge is -2.10. The zero-order chi connectivity index (χ0) is 11.9. The van der Waals surface area contributed by atoms with Crippen LogP contribution < -0.4 is 5.56 Å². The number of rotatable bonds is 0. The third kappa shape index (κ3) is 1.78. The van der Waals surface area contributed by atoms with Crippen LogP contribution in [0.25, 0.3) is 10.9 Å². The SMILES string of the molecule is O=c1ccc2c(Cl)ccc(C(F)(F)F)c2[nH]1. The summed E-state index contributed by atoms with van der Waals surface area (Å²) < 4.78 is 37.8. The van der Waals surface area contributed by atoms with Gasteiger partial charge in [-0.15, -0.1) is 0 Å². The van der Waals surface area contributed by atoms with E-state index in [2.05, 4.69) is 4.98 Å². The first kappa shape index (κ1) is 11.0. The van der Waals surface area contributed by atoms with Crippen LogP contribution in [0.5, 0.6) is 0 Å². The van der Waals surface area contributed by atoms with E-state index in [-0.39, 0.29) is 15.9 Å². The largest absolute Gasteiger partial charge is 0.418 e. The summed E-state index contributed by atoms with van der Waals surface area (Å²) in [4.78, 5) is 13.2. The van der Waals surface area contributed by atoms with Gasteiger partial charge in [-0.3, -0.25) is 4.79 Å². The summed E-state index contributed by atoms with van der Waals surface area (Å²) in [5, 5.41) is 0.343. The molecule has 1 N–H and O–H groups in total. The van der Waals surface area contributed by atoms with Crippen LogP contribution in [0.2, 0.25) is 5.02 Å². The molecule has 1 aromatic carbocycles. The molecule has 1 aromatic heterocycles. The van der Waals surface area contributed by atoms with Gasteiger partial charge in [0.15, 0.2) is 0 Å². The first-order valence-corrected chi connectivity index (χ1v) is 4.66. The number of pyridine rings is 1. The van der Waals surface area contributed by atoms with Crippen molar-refractivity contribution >= 4 is 22.5 Å². The van der Waals surface area contributed by atoms with Gasteiger partial charge >= 0.3 is 6.18 Å². The summed E-state index contributed by atoms with van der Waals surface area (Å²) >= 11 is 5.74. The minimum Gasteiger partial charge on any atom is -0.321 e. The van der Waals surface area contributed by atoms with E-state index in [0.717, 1.165) is 18.2 Å². The Morgan fingerprint density at radius 1 is 1.12 bits per heavy atom. The van der Waals surface area contributed by atoms with Crippen molar-refractivity contribution < 1.29 is 13.2 Å². The molecular formula is C10H5ClF3NO. The van der Waals surface area contributed by atoms with Gasteiger partial charge in [0, 0.05) is 16.5 Å². The van der Waals surface area contributed by atoms with E-state index < -0.39 is 17.3 Å². The van der Waals surface area contributed by atoms with Crippen molar-refractivity contribution in [1.82, 2.24) is 4.98 Å². The van der Waals surface area contributed by atoms with Crippen molar-refractivity contribution in [3.05, 3.63) is 45.2 Å². The smallest absolute Gasteiger partial charge is 0.321 e. The molecule has 0 bridgehead atoms. The lowest BCUT2D eigenvalue weighted by atomic mass is 10.1. The van der Waals surface area contributed by atoms with E-state index in [4.69, 9.17) is 11.6 Å². The second-order valence-corrected chi connectivity index (χ2v) is 3.61. The quantitative estimate of drug-likeness (QED) is 0.762. The number of fused-ring (bicyclic) bond motifs is 1. The van der Waals surface area contributed by atoms with Crippen LogP contribution in [0.4, 0.5) is 13.2 Å². The number of aromatic amines is 1. The second-order valence-electron chi connectivity index (χ2n) is 3.20. The maximum absolute atomic E-state index is 12.6. The molecule has 0 aliphatic heterocycles. The predicted molar refractivity (Wildman–Crippen MR) is 54.6 cm³/mol. The molecule has 0 aliphatic carbocycles. The molecule has 0 aliphatic rings. The van der Waals surface area contributed by atoms with Crippen molar-refractivity contribution in [2.24, 2.45) is 0 Å². The summed E-state index contributed by atoms with van der Waals surface area (Å²) in [6.45, 7) is 0. The monoisotopic (exact) mass is 247 g/mol. The maximum Gasteiger partial charge on any atom is 0.418 e. The van der Waals surface area contributed by atoms with Crippen molar-refractivity contribution in [3.8, 4) is 0 Å². The number of nitrogens with one attached hydrogen (secondary N) is 1.